The summed E-state index contributed by atoms with van der Waals surface area (Å²) >= 11 is 0. The minimum absolute atomic E-state index is 0.130. The molecule has 0 aliphatic rings. The number of aryl methyl sites for hydroxylation is 1. The topological polar surface area (TPSA) is 72.7 Å². The van der Waals surface area contributed by atoms with E-state index in [1.807, 2.05) is 74.0 Å². The third kappa shape index (κ3) is 3.36. The first kappa shape index (κ1) is 17.9. The number of amides is 1. The number of aromatic nitrogens is 4. The summed E-state index contributed by atoms with van der Waals surface area (Å²) in [5.41, 5.74) is 3.74. The second kappa shape index (κ2) is 7.23. The van der Waals surface area contributed by atoms with Crippen LogP contribution in [-0.4, -0.2) is 25.7 Å². The molecule has 3 heterocycles. The minimum atomic E-state index is -0.231. The molecule has 4 rings (SSSR count). The summed E-state index contributed by atoms with van der Waals surface area (Å²) in [5, 5.41) is 8.07. The van der Waals surface area contributed by atoms with Crippen LogP contribution < -0.4 is 5.32 Å². The van der Waals surface area contributed by atoms with E-state index in [4.69, 9.17) is 4.98 Å². The van der Waals surface area contributed by atoms with Crippen molar-refractivity contribution in [3.05, 3.63) is 72.1 Å². The Morgan fingerprint density at radius 2 is 1.82 bits per heavy atom. The molecule has 0 aliphatic carbocycles. The van der Waals surface area contributed by atoms with Gasteiger partial charge < -0.3 is 5.32 Å². The van der Waals surface area contributed by atoms with E-state index in [9.17, 15) is 4.79 Å². The molecular weight excluding hydrogens is 350 g/mol. The molecule has 0 unspecified atom stereocenters. The number of carbonyl (C=O) groups is 1. The summed E-state index contributed by atoms with van der Waals surface area (Å²) in [6.45, 7) is 5.97. The van der Waals surface area contributed by atoms with Crippen molar-refractivity contribution in [1.29, 1.82) is 0 Å². The van der Waals surface area contributed by atoms with E-state index in [1.165, 1.54) is 0 Å². The Morgan fingerprint density at radius 3 is 2.54 bits per heavy atom. The fraction of sp³-hybridized carbons (Fsp3) is 0.182. The quantitative estimate of drug-likeness (QED) is 0.567. The number of rotatable bonds is 4. The van der Waals surface area contributed by atoms with Gasteiger partial charge in [0.2, 0.25) is 0 Å². The van der Waals surface area contributed by atoms with Crippen molar-refractivity contribution in [3.63, 3.8) is 0 Å². The number of nitrogens with zero attached hydrogens (tertiary/aromatic N) is 4. The van der Waals surface area contributed by atoms with E-state index < -0.39 is 0 Å². The van der Waals surface area contributed by atoms with Crippen LogP contribution in [0, 0.1) is 6.92 Å². The number of pyridine rings is 2. The Labute approximate surface area is 163 Å². The van der Waals surface area contributed by atoms with Crippen molar-refractivity contribution in [3.8, 4) is 11.3 Å². The standard InChI is InChI=1S/C22H21N5O/c1-14(2)27-21-18(13-23-27)17(12-19(25-21)16-9-5-4-6-10-16)22(28)26-20-11-7-8-15(3)24-20/h4-14H,1-3H3,(H,24,26,28). The summed E-state index contributed by atoms with van der Waals surface area (Å²) in [7, 11) is 0. The predicted molar refractivity (Wildman–Crippen MR) is 110 cm³/mol. The van der Waals surface area contributed by atoms with Gasteiger partial charge in [-0.3, -0.25) is 4.79 Å². The number of benzene rings is 1. The van der Waals surface area contributed by atoms with Crippen molar-refractivity contribution in [2.24, 2.45) is 0 Å². The maximum Gasteiger partial charge on any atom is 0.257 e. The molecule has 140 valence electrons. The summed E-state index contributed by atoms with van der Waals surface area (Å²) in [4.78, 5) is 22.2. The Balaban J connectivity index is 1.85. The maximum atomic E-state index is 13.1. The molecular formula is C22H21N5O. The maximum absolute atomic E-state index is 13.1. The molecule has 0 atom stereocenters. The van der Waals surface area contributed by atoms with E-state index in [1.54, 1.807) is 12.3 Å². The lowest BCUT2D eigenvalue weighted by molar-refractivity contribution is 0.102. The second-order valence-corrected chi connectivity index (χ2v) is 6.96. The Morgan fingerprint density at radius 1 is 1.04 bits per heavy atom. The monoisotopic (exact) mass is 371 g/mol. The van der Waals surface area contributed by atoms with Crippen LogP contribution in [0.5, 0.6) is 0 Å². The second-order valence-electron chi connectivity index (χ2n) is 6.96. The molecule has 0 spiro atoms. The molecule has 1 amide bonds. The summed E-state index contributed by atoms with van der Waals surface area (Å²) in [6.07, 6.45) is 1.70. The number of hydrogen-bond acceptors (Lipinski definition) is 4. The van der Waals surface area contributed by atoms with Gasteiger partial charge in [-0.25, -0.2) is 14.6 Å². The first-order valence-electron chi connectivity index (χ1n) is 9.21. The number of carbonyl (C=O) groups excluding carboxylic acids is 1. The van der Waals surface area contributed by atoms with Gasteiger partial charge in [-0.15, -0.1) is 0 Å². The molecule has 0 saturated heterocycles. The highest BCUT2D eigenvalue weighted by Gasteiger charge is 2.19. The van der Waals surface area contributed by atoms with Gasteiger partial charge in [0, 0.05) is 17.3 Å². The molecule has 0 bridgehead atoms. The first-order valence-corrected chi connectivity index (χ1v) is 9.21. The van der Waals surface area contributed by atoms with E-state index >= 15 is 0 Å². The zero-order valence-electron chi connectivity index (χ0n) is 16.0. The van der Waals surface area contributed by atoms with Crippen LogP contribution in [0.1, 0.15) is 35.9 Å². The summed E-state index contributed by atoms with van der Waals surface area (Å²) in [5.74, 6) is 0.290. The molecule has 4 aromatic rings. The molecule has 0 saturated carbocycles. The summed E-state index contributed by atoms with van der Waals surface area (Å²) in [6, 6.07) is 17.3. The zero-order chi connectivity index (χ0) is 19.7. The van der Waals surface area contributed by atoms with Gasteiger partial charge in [0.15, 0.2) is 5.65 Å². The molecule has 0 aliphatic heterocycles. The number of fused-ring (bicyclic) bond motifs is 1. The molecule has 0 radical (unpaired) electrons. The molecule has 0 fully saturated rings. The van der Waals surface area contributed by atoms with Crippen LogP contribution in [0.15, 0.2) is 60.8 Å². The van der Waals surface area contributed by atoms with Gasteiger partial charge in [-0.2, -0.15) is 5.10 Å². The smallest absolute Gasteiger partial charge is 0.257 e. The average Bonchev–Trinajstić information content (AvgIpc) is 3.12. The lowest BCUT2D eigenvalue weighted by Gasteiger charge is -2.11. The third-order valence-corrected chi connectivity index (χ3v) is 4.50. The molecule has 1 aromatic carbocycles. The van der Waals surface area contributed by atoms with E-state index in [2.05, 4.69) is 15.4 Å². The van der Waals surface area contributed by atoms with Crippen LogP contribution in [0.4, 0.5) is 5.82 Å². The van der Waals surface area contributed by atoms with Gasteiger partial charge in [0.1, 0.15) is 5.82 Å². The summed E-state index contributed by atoms with van der Waals surface area (Å²) < 4.78 is 1.84. The Bertz CT molecular complexity index is 1150. The first-order chi connectivity index (χ1) is 13.5. The van der Waals surface area contributed by atoms with Crippen molar-refractivity contribution in [2.75, 3.05) is 5.32 Å². The largest absolute Gasteiger partial charge is 0.307 e. The molecule has 28 heavy (non-hydrogen) atoms. The van der Waals surface area contributed by atoms with Gasteiger partial charge in [-0.05, 0) is 39.0 Å². The Hall–Kier alpha value is -3.54. The molecule has 1 N–H and O–H groups in total. The minimum Gasteiger partial charge on any atom is -0.307 e. The highest BCUT2D eigenvalue weighted by Crippen LogP contribution is 2.26. The van der Waals surface area contributed by atoms with Crippen LogP contribution in [0.3, 0.4) is 0 Å². The van der Waals surface area contributed by atoms with Gasteiger partial charge >= 0.3 is 0 Å². The van der Waals surface area contributed by atoms with Gasteiger partial charge in [0.25, 0.3) is 5.91 Å². The van der Waals surface area contributed by atoms with Crippen LogP contribution in [0.2, 0.25) is 0 Å². The predicted octanol–water partition coefficient (Wildman–Crippen LogP) is 4.63. The van der Waals surface area contributed by atoms with Crippen LogP contribution in [-0.2, 0) is 0 Å². The fourth-order valence-electron chi connectivity index (χ4n) is 3.14. The van der Waals surface area contributed by atoms with Crippen molar-refractivity contribution < 1.29 is 4.79 Å². The van der Waals surface area contributed by atoms with Gasteiger partial charge in [-0.1, -0.05) is 36.4 Å². The fourth-order valence-corrected chi connectivity index (χ4v) is 3.14. The highest BCUT2D eigenvalue weighted by atomic mass is 16.1. The number of anilines is 1. The SMILES string of the molecule is Cc1cccc(NC(=O)c2cc(-c3ccccc3)nc3c2cnn3C(C)C)n1. The molecule has 6 nitrogen and oxygen atoms in total. The van der Waals surface area contributed by atoms with Crippen LogP contribution in [0.25, 0.3) is 22.3 Å². The van der Waals surface area contributed by atoms with Crippen molar-refractivity contribution in [2.45, 2.75) is 26.8 Å². The van der Waals surface area contributed by atoms with Gasteiger partial charge in [0.05, 0.1) is 22.8 Å². The number of hydrogen-bond donors (Lipinski definition) is 1. The Kier molecular flexibility index (Phi) is 4.61. The lowest BCUT2D eigenvalue weighted by Crippen LogP contribution is -2.14. The normalized spacial score (nSPS) is 11.1. The lowest BCUT2D eigenvalue weighted by atomic mass is 10.1. The van der Waals surface area contributed by atoms with E-state index in [0.717, 1.165) is 22.3 Å². The molecule has 6 heteroatoms. The van der Waals surface area contributed by atoms with E-state index in [-0.39, 0.29) is 11.9 Å². The van der Waals surface area contributed by atoms with Crippen molar-refractivity contribution >= 4 is 22.8 Å². The zero-order valence-corrected chi connectivity index (χ0v) is 16.0. The highest BCUT2D eigenvalue weighted by molar-refractivity contribution is 6.12. The van der Waals surface area contributed by atoms with Crippen LogP contribution >= 0.6 is 0 Å². The average molecular weight is 371 g/mol. The molecule has 3 aromatic heterocycles. The van der Waals surface area contributed by atoms with Crippen molar-refractivity contribution in [1.82, 2.24) is 19.7 Å². The number of nitrogens with one attached hydrogen (secondary N) is 1. The van der Waals surface area contributed by atoms with E-state index in [0.29, 0.717) is 17.0 Å². The third-order valence-electron chi connectivity index (χ3n) is 4.50.